The zero-order chi connectivity index (χ0) is 20.4. The second-order valence-corrected chi connectivity index (χ2v) is 5.80. The van der Waals surface area contributed by atoms with Crippen molar-refractivity contribution < 1.29 is 32.2 Å². The van der Waals surface area contributed by atoms with Gasteiger partial charge in [-0.2, -0.15) is 0 Å². The van der Waals surface area contributed by atoms with Crippen molar-refractivity contribution in [2.45, 2.75) is 32.7 Å². The number of carbonyl (C=O) groups excluding carboxylic acids is 1. The molecule has 2 aromatic rings. The highest BCUT2D eigenvalue weighted by Crippen LogP contribution is 2.26. The van der Waals surface area contributed by atoms with Gasteiger partial charge in [0.1, 0.15) is 5.75 Å². The normalized spacial score (nSPS) is 11.0. The smallest absolute Gasteiger partial charge is 0.490 e. The lowest BCUT2D eigenvalue weighted by molar-refractivity contribution is -0.274. The van der Waals surface area contributed by atoms with Crippen LogP contribution in [0.3, 0.4) is 0 Å². The van der Waals surface area contributed by atoms with Crippen molar-refractivity contribution in [3.63, 3.8) is 0 Å². The number of hydrogen-bond acceptors (Lipinski definition) is 4. The molecule has 0 aliphatic heterocycles. The molecular weight excluding hydrogens is 375 g/mol. The first kappa shape index (κ1) is 21.4. The van der Waals surface area contributed by atoms with Gasteiger partial charge in [0.05, 0.1) is 13.2 Å². The van der Waals surface area contributed by atoms with E-state index in [-0.39, 0.29) is 24.6 Å². The van der Waals surface area contributed by atoms with Crippen molar-refractivity contribution in [1.29, 1.82) is 0 Å². The first-order valence-electron chi connectivity index (χ1n) is 8.83. The number of amides is 1. The Labute approximate surface area is 161 Å². The first-order valence-corrected chi connectivity index (χ1v) is 8.83. The third-order valence-corrected chi connectivity index (χ3v) is 3.60. The minimum atomic E-state index is -4.72. The summed E-state index contributed by atoms with van der Waals surface area (Å²) in [6.07, 6.45) is -3.93. The summed E-state index contributed by atoms with van der Waals surface area (Å²) in [6.45, 7) is 3.00. The van der Waals surface area contributed by atoms with E-state index in [0.29, 0.717) is 36.7 Å². The molecule has 0 radical (unpaired) electrons. The van der Waals surface area contributed by atoms with Crippen LogP contribution in [0, 0.1) is 0 Å². The maximum Gasteiger partial charge on any atom is 0.573 e. The molecule has 0 saturated heterocycles. The van der Waals surface area contributed by atoms with Crippen LogP contribution in [0.4, 0.5) is 13.2 Å². The number of benzene rings is 2. The molecule has 8 heteroatoms. The number of alkyl halides is 3. The second-order valence-electron chi connectivity index (χ2n) is 5.80. The summed E-state index contributed by atoms with van der Waals surface area (Å²) < 4.78 is 51.3. The Kier molecular flexibility index (Phi) is 7.98. The van der Waals surface area contributed by atoms with Crippen LogP contribution in [-0.2, 0) is 11.3 Å². The molecule has 28 heavy (non-hydrogen) atoms. The van der Waals surface area contributed by atoms with Crippen LogP contribution in [-0.4, -0.2) is 25.5 Å². The van der Waals surface area contributed by atoms with E-state index in [9.17, 15) is 18.0 Å². The van der Waals surface area contributed by atoms with E-state index in [4.69, 9.17) is 9.47 Å². The number of carbonyl (C=O) groups is 1. The molecule has 152 valence electrons. The molecular formula is C20H22F3NO4. The zero-order valence-corrected chi connectivity index (χ0v) is 15.4. The number of rotatable bonds is 10. The second kappa shape index (κ2) is 10.4. The molecule has 0 aromatic heterocycles. The Morgan fingerprint density at radius 1 is 1.00 bits per heavy atom. The van der Waals surface area contributed by atoms with Crippen molar-refractivity contribution in [2.24, 2.45) is 0 Å². The van der Waals surface area contributed by atoms with E-state index < -0.39 is 6.36 Å². The van der Waals surface area contributed by atoms with E-state index in [1.54, 1.807) is 6.07 Å². The van der Waals surface area contributed by atoms with Gasteiger partial charge in [0, 0.05) is 13.0 Å². The number of nitrogens with one attached hydrogen (secondary N) is 1. The molecule has 0 bridgehead atoms. The lowest BCUT2D eigenvalue weighted by atomic mass is 10.2. The standard InChI is InChI=1S/C20H22F3NO4/c1-2-26-17-6-3-4-7-18(17)27-13-5-8-19(25)24-14-15-9-11-16(12-10-15)28-20(21,22)23/h3-4,6-7,9-12H,2,5,8,13-14H2,1H3,(H,24,25). The number of para-hydroxylation sites is 2. The quantitative estimate of drug-likeness (QED) is 0.602. The van der Waals surface area contributed by atoms with E-state index in [0.717, 1.165) is 0 Å². The van der Waals surface area contributed by atoms with Gasteiger partial charge in [-0.3, -0.25) is 4.79 Å². The van der Waals surface area contributed by atoms with Crippen molar-refractivity contribution >= 4 is 5.91 Å². The maximum absolute atomic E-state index is 12.1. The Balaban J connectivity index is 1.68. The molecule has 0 fully saturated rings. The first-order chi connectivity index (χ1) is 13.4. The van der Waals surface area contributed by atoms with Crippen molar-refractivity contribution in [1.82, 2.24) is 5.32 Å². The van der Waals surface area contributed by atoms with Gasteiger partial charge >= 0.3 is 6.36 Å². The van der Waals surface area contributed by atoms with E-state index >= 15 is 0 Å². The zero-order valence-electron chi connectivity index (χ0n) is 15.4. The molecule has 0 aliphatic carbocycles. The highest BCUT2D eigenvalue weighted by atomic mass is 19.4. The third kappa shape index (κ3) is 7.77. The molecule has 0 saturated carbocycles. The summed E-state index contributed by atoms with van der Waals surface area (Å²) in [6, 6.07) is 12.7. The fourth-order valence-electron chi connectivity index (χ4n) is 2.36. The van der Waals surface area contributed by atoms with Gasteiger partial charge in [-0.15, -0.1) is 13.2 Å². The van der Waals surface area contributed by atoms with E-state index in [1.165, 1.54) is 24.3 Å². The molecule has 0 unspecified atom stereocenters. The fourth-order valence-corrected chi connectivity index (χ4v) is 2.36. The molecule has 2 rings (SSSR count). The van der Waals surface area contributed by atoms with Gasteiger partial charge < -0.3 is 19.5 Å². The van der Waals surface area contributed by atoms with Crippen LogP contribution >= 0.6 is 0 Å². The minimum absolute atomic E-state index is 0.169. The summed E-state index contributed by atoms with van der Waals surface area (Å²) in [4.78, 5) is 11.9. The van der Waals surface area contributed by atoms with Gasteiger partial charge in [0.2, 0.25) is 5.91 Å². The van der Waals surface area contributed by atoms with Crippen LogP contribution in [0.25, 0.3) is 0 Å². The summed E-state index contributed by atoms with van der Waals surface area (Å²) in [5.74, 6) is 0.822. The SMILES string of the molecule is CCOc1ccccc1OCCCC(=O)NCc1ccc(OC(F)(F)F)cc1. The van der Waals surface area contributed by atoms with Crippen LogP contribution < -0.4 is 19.5 Å². The van der Waals surface area contributed by atoms with Crippen LogP contribution in [0.15, 0.2) is 48.5 Å². The fraction of sp³-hybridized carbons (Fsp3) is 0.350. The topological polar surface area (TPSA) is 56.8 Å². The van der Waals surface area contributed by atoms with Crippen LogP contribution in [0.5, 0.6) is 17.2 Å². The molecule has 0 heterocycles. The summed E-state index contributed by atoms with van der Waals surface area (Å²) >= 11 is 0. The Bertz CT molecular complexity index is 748. The number of halogens is 3. The van der Waals surface area contributed by atoms with E-state index in [2.05, 4.69) is 10.1 Å². The minimum Gasteiger partial charge on any atom is -0.490 e. The van der Waals surface area contributed by atoms with Crippen LogP contribution in [0.1, 0.15) is 25.3 Å². The highest BCUT2D eigenvalue weighted by Gasteiger charge is 2.30. The molecule has 0 aliphatic rings. The van der Waals surface area contributed by atoms with Gasteiger partial charge in [0.25, 0.3) is 0 Å². The molecule has 2 aromatic carbocycles. The predicted molar refractivity (Wildman–Crippen MR) is 97.3 cm³/mol. The lowest BCUT2D eigenvalue weighted by Crippen LogP contribution is -2.23. The predicted octanol–water partition coefficient (Wildman–Crippen LogP) is 4.46. The van der Waals surface area contributed by atoms with Crippen LogP contribution in [0.2, 0.25) is 0 Å². The molecule has 0 spiro atoms. The van der Waals surface area contributed by atoms with Gasteiger partial charge in [-0.1, -0.05) is 24.3 Å². The lowest BCUT2D eigenvalue weighted by Gasteiger charge is -2.11. The Morgan fingerprint density at radius 2 is 1.64 bits per heavy atom. The molecule has 1 N–H and O–H groups in total. The average Bonchev–Trinajstić information content (AvgIpc) is 2.65. The maximum atomic E-state index is 12.1. The monoisotopic (exact) mass is 397 g/mol. The summed E-state index contributed by atoms with van der Waals surface area (Å²) in [7, 11) is 0. The van der Waals surface area contributed by atoms with Crippen molar-refractivity contribution in [3.05, 3.63) is 54.1 Å². The summed E-state index contributed by atoms with van der Waals surface area (Å²) in [5, 5.41) is 2.71. The molecule has 5 nitrogen and oxygen atoms in total. The highest BCUT2D eigenvalue weighted by molar-refractivity contribution is 5.75. The average molecular weight is 397 g/mol. The van der Waals surface area contributed by atoms with Gasteiger partial charge in [-0.05, 0) is 43.2 Å². The Morgan fingerprint density at radius 3 is 2.25 bits per heavy atom. The van der Waals surface area contributed by atoms with Crippen molar-refractivity contribution in [3.8, 4) is 17.2 Å². The molecule has 1 amide bonds. The third-order valence-electron chi connectivity index (χ3n) is 3.60. The summed E-state index contributed by atoms with van der Waals surface area (Å²) in [5.41, 5.74) is 0.671. The largest absolute Gasteiger partial charge is 0.573 e. The van der Waals surface area contributed by atoms with E-state index in [1.807, 2.05) is 25.1 Å². The van der Waals surface area contributed by atoms with Gasteiger partial charge in [-0.25, -0.2) is 0 Å². The van der Waals surface area contributed by atoms with Crippen molar-refractivity contribution in [2.75, 3.05) is 13.2 Å². The molecule has 0 atom stereocenters. The Hall–Kier alpha value is -2.90. The van der Waals surface area contributed by atoms with Gasteiger partial charge in [0.15, 0.2) is 11.5 Å². The number of ether oxygens (including phenoxy) is 3. The number of hydrogen-bond donors (Lipinski definition) is 1.